The highest BCUT2D eigenvalue weighted by atomic mass is 32.2. The Hall–Kier alpha value is -3.08. The Balaban J connectivity index is 2.16. The summed E-state index contributed by atoms with van der Waals surface area (Å²) in [5.41, 5.74) is -0.105. The molecular formula is C26H34F3N3O4S. The van der Waals surface area contributed by atoms with Gasteiger partial charge in [-0.05, 0) is 57.4 Å². The van der Waals surface area contributed by atoms with E-state index in [0.29, 0.717) is 6.42 Å². The van der Waals surface area contributed by atoms with Gasteiger partial charge in [-0.15, -0.1) is 0 Å². The Kier molecular flexibility index (Phi) is 10.5. The number of anilines is 1. The summed E-state index contributed by atoms with van der Waals surface area (Å²) in [6.07, 6.45) is -3.23. The molecule has 1 N–H and O–H groups in total. The van der Waals surface area contributed by atoms with Gasteiger partial charge >= 0.3 is 6.18 Å². The third-order valence-corrected chi connectivity index (χ3v) is 6.89. The van der Waals surface area contributed by atoms with Crippen LogP contribution in [0.3, 0.4) is 0 Å². The largest absolute Gasteiger partial charge is 0.416 e. The lowest BCUT2D eigenvalue weighted by Crippen LogP contribution is -2.50. The summed E-state index contributed by atoms with van der Waals surface area (Å²) < 4.78 is 65.0. The summed E-state index contributed by atoms with van der Waals surface area (Å²) in [5.74, 6) is -0.655. The van der Waals surface area contributed by atoms with Crippen LogP contribution in [0.2, 0.25) is 0 Å². The standard InChI is InChI=1S/C26H34F3N3O4S/c1-19(2)30-25(34)20(3)31(17-15-21-10-6-5-7-11-21)24(33)14-9-16-32(37(4,35)36)23-13-8-12-22(18-23)26(27,28)29/h5-8,10-13,18-20H,9,14-17H2,1-4H3,(H,30,34). The van der Waals surface area contributed by atoms with Gasteiger partial charge in [0.05, 0.1) is 17.5 Å². The van der Waals surface area contributed by atoms with Crippen molar-refractivity contribution in [3.05, 3.63) is 65.7 Å². The van der Waals surface area contributed by atoms with Gasteiger partial charge in [0, 0.05) is 25.6 Å². The van der Waals surface area contributed by atoms with Gasteiger partial charge in [-0.1, -0.05) is 36.4 Å². The van der Waals surface area contributed by atoms with Gasteiger partial charge in [0.25, 0.3) is 0 Å². The van der Waals surface area contributed by atoms with Crippen LogP contribution in [0.25, 0.3) is 0 Å². The molecule has 37 heavy (non-hydrogen) atoms. The van der Waals surface area contributed by atoms with Crippen molar-refractivity contribution < 1.29 is 31.2 Å². The fourth-order valence-electron chi connectivity index (χ4n) is 3.82. The van der Waals surface area contributed by atoms with Crippen molar-refractivity contribution in [2.24, 2.45) is 0 Å². The second-order valence-corrected chi connectivity index (χ2v) is 11.1. The van der Waals surface area contributed by atoms with Crippen molar-refractivity contribution >= 4 is 27.5 Å². The lowest BCUT2D eigenvalue weighted by molar-refractivity contribution is -0.140. The molecule has 204 valence electrons. The number of rotatable bonds is 12. The molecule has 1 unspecified atom stereocenters. The summed E-state index contributed by atoms with van der Waals surface area (Å²) in [6.45, 7) is 5.35. The second kappa shape index (κ2) is 12.9. The van der Waals surface area contributed by atoms with Crippen LogP contribution in [-0.2, 0) is 32.2 Å². The number of alkyl halides is 3. The van der Waals surface area contributed by atoms with Crippen LogP contribution < -0.4 is 9.62 Å². The average molecular weight is 542 g/mol. The Bertz CT molecular complexity index is 1160. The minimum atomic E-state index is -4.62. The predicted octanol–water partition coefficient (Wildman–Crippen LogP) is 4.24. The van der Waals surface area contributed by atoms with Crippen LogP contribution >= 0.6 is 0 Å². The first kappa shape index (κ1) is 30.1. The number of hydrogen-bond donors (Lipinski definition) is 1. The van der Waals surface area contributed by atoms with Crippen LogP contribution in [0.1, 0.15) is 44.7 Å². The fraction of sp³-hybridized carbons (Fsp3) is 0.462. The van der Waals surface area contributed by atoms with Crippen molar-refractivity contribution in [2.75, 3.05) is 23.7 Å². The zero-order valence-corrected chi connectivity index (χ0v) is 22.3. The summed E-state index contributed by atoms with van der Waals surface area (Å²) in [6, 6.07) is 12.7. The van der Waals surface area contributed by atoms with E-state index < -0.39 is 27.8 Å². The first-order valence-electron chi connectivity index (χ1n) is 12.0. The van der Waals surface area contributed by atoms with Crippen molar-refractivity contribution in [3.63, 3.8) is 0 Å². The van der Waals surface area contributed by atoms with Crippen molar-refractivity contribution in [3.8, 4) is 0 Å². The van der Waals surface area contributed by atoms with E-state index >= 15 is 0 Å². The molecule has 0 bridgehead atoms. The van der Waals surface area contributed by atoms with Crippen molar-refractivity contribution in [1.82, 2.24) is 10.2 Å². The molecule has 2 aromatic carbocycles. The quantitative estimate of drug-likeness (QED) is 0.436. The van der Waals surface area contributed by atoms with Crippen LogP contribution in [0.4, 0.5) is 18.9 Å². The fourth-order valence-corrected chi connectivity index (χ4v) is 4.77. The van der Waals surface area contributed by atoms with E-state index in [1.54, 1.807) is 6.92 Å². The number of benzene rings is 2. The third kappa shape index (κ3) is 9.38. The third-order valence-electron chi connectivity index (χ3n) is 5.70. The SMILES string of the molecule is CC(C)NC(=O)C(C)N(CCc1ccccc1)C(=O)CCCN(c1cccc(C(F)(F)F)c1)S(C)(=O)=O. The van der Waals surface area contributed by atoms with Crippen LogP contribution in [0, 0.1) is 0 Å². The number of amides is 2. The summed E-state index contributed by atoms with van der Waals surface area (Å²) in [4.78, 5) is 27.3. The van der Waals surface area contributed by atoms with Crippen molar-refractivity contribution in [2.45, 2.75) is 58.3 Å². The number of hydrogen-bond acceptors (Lipinski definition) is 4. The summed E-state index contributed by atoms with van der Waals surface area (Å²) >= 11 is 0. The molecule has 0 heterocycles. The molecule has 2 amide bonds. The van der Waals surface area contributed by atoms with Gasteiger partial charge in [-0.3, -0.25) is 13.9 Å². The molecule has 0 saturated carbocycles. The van der Waals surface area contributed by atoms with Crippen LogP contribution in [0.5, 0.6) is 0 Å². The Morgan fingerprint density at radius 3 is 2.19 bits per heavy atom. The number of carbonyl (C=O) groups excluding carboxylic acids is 2. The molecule has 0 aliphatic heterocycles. The maximum Gasteiger partial charge on any atom is 0.416 e. The highest BCUT2D eigenvalue weighted by Crippen LogP contribution is 2.32. The van der Waals surface area contributed by atoms with E-state index in [0.717, 1.165) is 34.3 Å². The van der Waals surface area contributed by atoms with E-state index in [1.807, 2.05) is 44.2 Å². The minimum Gasteiger partial charge on any atom is -0.352 e. The van der Waals surface area contributed by atoms with E-state index in [4.69, 9.17) is 0 Å². The molecule has 0 aliphatic carbocycles. The molecule has 0 saturated heterocycles. The van der Waals surface area contributed by atoms with Gasteiger partial charge in [-0.25, -0.2) is 8.42 Å². The lowest BCUT2D eigenvalue weighted by atomic mass is 10.1. The molecule has 2 aromatic rings. The second-order valence-electron chi connectivity index (χ2n) is 9.15. The molecule has 0 aliphatic rings. The topological polar surface area (TPSA) is 86.8 Å². The zero-order valence-electron chi connectivity index (χ0n) is 21.5. The lowest BCUT2D eigenvalue weighted by Gasteiger charge is -2.30. The van der Waals surface area contributed by atoms with Gasteiger partial charge in [0.15, 0.2) is 0 Å². The Morgan fingerprint density at radius 2 is 1.62 bits per heavy atom. The smallest absolute Gasteiger partial charge is 0.352 e. The number of nitrogens with zero attached hydrogens (tertiary/aromatic N) is 2. The van der Waals surface area contributed by atoms with E-state index in [9.17, 15) is 31.2 Å². The first-order valence-corrected chi connectivity index (χ1v) is 13.8. The molecular weight excluding hydrogens is 507 g/mol. The van der Waals surface area contributed by atoms with E-state index in [-0.39, 0.29) is 49.5 Å². The van der Waals surface area contributed by atoms with Crippen molar-refractivity contribution in [1.29, 1.82) is 0 Å². The number of nitrogens with one attached hydrogen (secondary N) is 1. The maximum atomic E-state index is 13.2. The molecule has 2 rings (SSSR count). The minimum absolute atomic E-state index is 0.0580. The van der Waals surface area contributed by atoms with E-state index in [2.05, 4.69) is 5.32 Å². The van der Waals surface area contributed by atoms with Crippen LogP contribution in [0.15, 0.2) is 54.6 Å². The number of halogens is 3. The van der Waals surface area contributed by atoms with Gasteiger partial charge in [0.2, 0.25) is 21.8 Å². The maximum absolute atomic E-state index is 13.2. The van der Waals surface area contributed by atoms with Gasteiger partial charge in [0.1, 0.15) is 6.04 Å². The van der Waals surface area contributed by atoms with E-state index in [1.165, 1.54) is 11.0 Å². The monoisotopic (exact) mass is 541 g/mol. The molecule has 0 fully saturated rings. The molecule has 0 aromatic heterocycles. The molecule has 11 heteroatoms. The number of carbonyl (C=O) groups is 2. The molecule has 7 nitrogen and oxygen atoms in total. The predicted molar refractivity (Wildman–Crippen MR) is 137 cm³/mol. The Morgan fingerprint density at radius 1 is 0.973 bits per heavy atom. The summed E-state index contributed by atoms with van der Waals surface area (Å²) in [7, 11) is -3.91. The number of sulfonamides is 1. The van der Waals surface area contributed by atoms with Gasteiger partial charge in [-0.2, -0.15) is 13.2 Å². The highest BCUT2D eigenvalue weighted by molar-refractivity contribution is 7.92. The average Bonchev–Trinajstić information content (AvgIpc) is 2.80. The zero-order chi connectivity index (χ0) is 27.8. The normalized spacial score (nSPS) is 12.8. The molecule has 1 atom stereocenters. The first-order chi connectivity index (χ1) is 17.2. The molecule has 0 radical (unpaired) electrons. The summed E-state index contributed by atoms with van der Waals surface area (Å²) in [5, 5.41) is 2.80. The van der Waals surface area contributed by atoms with Crippen LogP contribution in [-0.4, -0.2) is 56.6 Å². The molecule has 0 spiro atoms. The Labute approximate surface area is 216 Å². The van der Waals surface area contributed by atoms with Gasteiger partial charge < -0.3 is 10.2 Å². The highest BCUT2D eigenvalue weighted by Gasteiger charge is 2.32.